The summed E-state index contributed by atoms with van der Waals surface area (Å²) in [4.78, 5) is 16.9. The quantitative estimate of drug-likeness (QED) is 0.468. The summed E-state index contributed by atoms with van der Waals surface area (Å²) in [6, 6.07) is 20.1. The van der Waals surface area contributed by atoms with Crippen molar-refractivity contribution in [2.24, 2.45) is 5.73 Å². The molecule has 0 bridgehead atoms. The van der Waals surface area contributed by atoms with Gasteiger partial charge in [0.15, 0.2) is 5.82 Å². The second-order valence-corrected chi connectivity index (χ2v) is 6.43. The van der Waals surface area contributed by atoms with Crippen LogP contribution >= 0.6 is 0 Å². The van der Waals surface area contributed by atoms with Crippen molar-refractivity contribution in [2.75, 3.05) is 5.43 Å². The number of nitrogens with two attached hydrogens (primary N) is 1. The minimum Gasteiger partial charge on any atom is -0.324 e. The van der Waals surface area contributed by atoms with E-state index < -0.39 is 6.04 Å². The number of amides is 1. The SMILES string of the molecule is N#Cc1ccc(C(N)CC(=O)NNc2nc3ccccc3n3cccc23)cc1. The van der Waals surface area contributed by atoms with Gasteiger partial charge in [-0.15, -0.1) is 0 Å². The molecule has 0 aliphatic rings. The summed E-state index contributed by atoms with van der Waals surface area (Å²) in [7, 11) is 0. The fraction of sp³-hybridized carbons (Fsp3) is 0.0952. The van der Waals surface area contributed by atoms with E-state index in [4.69, 9.17) is 11.0 Å². The number of hydrogen-bond donors (Lipinski definition) is 3. The number of nitriles is 1. The van der Waals surface area contributed by atoms with Crippen LogP contribution in [0.3, 0.4) is 0 Å². The molecule has 2 heterocycles. The van der Waals surface area contributed by atoms with Crippen molar-refractivity contribution in [3.8, 4) is 6.07 Å². The molecular weight excluding hydrogens is 352 g/mol. The Labute approximate surface area is 161 Å². The number of hydrazine groups is 1. The molecule has 4 N–H and O–H groups in total. The van der Waals surface area contributed by atoms with E-state index >= 15 is 0 Å². The Morgan fingerprint density at radius 1 is 1.11 bits per heavy atom. The van der Waals surface area contributed by atoms with Gasteiger partial charge in [-0.2, -0.15) is 5.26 Å². The number of benzene rings is 2. The smallest absolute Gasteiger partial charge is 0.240 e. The van der Waals surface area contributed by atoms with Crippen LogP contribution in [0.25, 0.3) is 16.6 Å². The summed E-state index contributed by atoms with van der Waals surface area (Å²) in [6.07, 6.45) is 2.05. The zero-order valence-electron chi connectivity index (χ0n) is 15.0. The van der Waals surface area contributed by atoms with Crippen LogP contribution in [0.2, 0.25) is 0 Å². The van der Waals surface area contributed by atoms with E-state index in [0.29, 0.717) is 11.4 Å². The van der Waals surface area contributed by atoms with Gasteiger partial charge in [0.1, 0.15) is 0 Å². The summed E-state index contributed by atoms with van der Waals surface area (Å²) in [5.74, 6) is 0.306. The highest BCUT2D eigenvalue weighted by atomic mass is 16.2. The second-order valence-electron chi connectivity index (χ2n) is 6.43. The molecule has 4 aromatic rings. The first-order chi connectivity index (χ1) is 13.7. The molecule has 1 atom stereocenters. The van der Waals surface area contributed by atoms with Crippen LogP contribution in [0, 0.1) is 11.3 Å². The molecule has 0 saturated heterocycles. The predicted octanol–water partition coefficient (Wildman–Crippen LogP) is 2.89. The summed E-state index contributed by atoms with van der Waals surface area (Å²) in [5, 5.41) is 8.86. The lowest BCUT2D eigenvalue weighted by Gasteiger charge is -2.14. The normalized spacial score (nSPS) is 11.9. The summed E-state index contributed by atoms with van der Waals surface area (Å²) in [6.45, 7) is 0. The average molecular weight is 370 g/mol. The van der Waals surface area contributed by atoms with E-state index in [0.717, 1.165) is 22.1 Å². The molecule has 0 aliphatic heterocycles. The van der Waals surface area contributed by atoms with Crippen molar-refractivity contribution in [2.45, 2.75) is 12.5 Å². The highest BCUT2D eigenvalue weighted by molar-refractivity contribution is 5.86. The number of nitrogens with zero attached hydrogens (tertiary/aromatic N) is 3. The summed E-state index contributed by atoms with van der Waals surface area (Å²) < 4.78 is 2.01. The Balaban J connectivity index is 1.47. The monoisotopic (exact) mass is 370 g/mol. The van der Waals surface area contributed by atoms with Crippen LogP contribution in [-0.2, 0) is 4.79 Å². The van der Waals surface area contributed by atoms with Crippen LogP contribution in [0.5, 0.6) is 0 Å². The fourth-order valence-electron chi connectivity index (χ4n) is 3.12. The third-order valence-corrected chi connectivity index (χ3v) is 4.56. The zero-order valence-corrected chi connectivity index (χ0v) is 15.0. The molecule has 138 valence electrons. The van der Waals surface area contributed by atoms with Gasteiger partial charge < -0.3 is 10.1 Å². The molecule has 2 aromatic heterocycles. The highest BCUT2D eigenvalue weighted by Crippen LogP contribution is 2.22. The molecular formula is C21H18N6O. The van der Waals surface area contributed by atoms with Crippen molar-refractivity contribution in [1.29, 1.82) is 5.26 Å². The minimum absolute atomic E-state index is 0.101. The Morgan fingerprint density at radius 2 is 1.86 bits per heavy atom. The lowest BCUT2D eigenvalue weighted by Crippen LogP contribution is -2.32. The van der Waals surface area contributed by atoms with Crippen molar-refractivity contribution >= 4 is 28.3 Å². The lowest BCUT2D eigenvalue weighted by atomic mass is 10.0. The van der Waals surface area contributed by atoms with E-state index in [1.54, 1.807) is 24.3 Å². The zero-order chi connectivity index (χ0) is 19.5. The van der Waals surface area contributed by atoms with Gasteiger partial charge in [-0.05, 0) is 42.0 Å². The number of rotatable bonds is 5. The van der Waals surface area contributed by atoms with Gasteiger partial charge in [0.25, 0.3) is 0 Å². The van der Waals surface area contributed by atoms with E-state index in [1.807, 2.05) is 47.0 Å². The molecule has 1 unspecified atom stereocenters. The molecule has 0 spiro atoms. The van der Waals surface area contributed by atoms with Crippen molar-refractivity contribution in [1.82, 2.24) is 14.8 Å². The molecule has 1 amide bonds. The van der Waals surface area contributed by atoms with E-state index in [1.165, 1.54) is 0 Å². The topological polar surface area (TPSA) is 108 Å². The van der Waals surface area contributed by atoms with Crippen molar-refractivity contribution in [3.63, 3.8) is 0 Å². The Hall–Kier alpha value is -3.89. The van der Waals surface area contributed by atoms with Gasteiger partial charge in [-0.1, -0.05) is 24.3 Å². The van der Waals surface area contributed by atoms with Crippen LogP contribution < -0.4 is 16.6 Å². The summed E-state index contributed by atoms with van der Waals surface area (Å²) in [5.41, 5.74) is 15.7. The van der Waals surface area contributed by atoms with E-state index in [-0.39, 0.29) is 12.3 Å². The first-order valence-electron chi connectivity index (χ1n) is 8.82. The number of carbonyl (C=O) groups is 1. The van der Waals surface area contributed by atoms with E-state index in [2.05, 4.69) is 21.9 Å². The van der Waals surface area contributed by atoms with Gasteiger partial charge in [0.05, 0.1) is 28.2 Å². The molecule has 7 heteroatoms. The molecule has 7 nitrogen and oxygen atoms in total. The second kappa shape index (κ2) is 7.39. The van der Waals surface area contributed by atoms with Gasteiger partial charge in [-0.25, -0.2) is 4.98 Å². The fourth-order valence-corrected chi connectivity index (χ4v) is 3.12. The van der Waals surface area contributed by atoms with Gasteiger partial charge in [0, 0.05) is 18.7 Å². The van der Waals surface area contributed by atoms with Gasteiger partial charge >= 0.3 is 0 Å². The van der Waals surface area contributed by atoms with Crippen LogP contribution in [0.4, 0.5) is 5.82 Å². The van der Waals surface area contributed by atoms with Crippen LogP contribution in [0.15, 0.2) is 66.9 Å². The maximum atomic E-state index is 12.3. The molecule has 0 radical (unpaired) electrons. The molecule has 4 rings (SSSR count). The Morgan fingerprint density at radius 3 is 2.64 bits per heavy atom. The maximum absolute atomic E-state index is 12.3. The highest BCUT2D eigenvalue weighted by Gasteiger charge is 2.13. The van der Waals surface area contributed by atoms with Gasteiger partial charge in [-0.3, -0.25) is 15.6 Å². The standard InChI is InChI=1S/C21H18N6O/c22-13-14-7-9-15(10-8-14)16(23)12-20(28)25-26-21-19-6-3-11-27(19)18-5-2-1-4-17(18)24-21/h1-11,16H,12,23H2,(H,24,26)(H,25,28). The number of aromatic nitrogens is 2. The number of carbonyl (C=O) groups excluding carboxylic acids is 1. The first kappa shape index (κ1) is 17.5. The van der Waals surface area contributed by atoms with Crippen LogP contribution in [-0.4, -0.2) is 15.3 Å². The van der Waals surface area contributed by atoms with Crippen LogP contribution in [0.1, 0.15) is 23.6 Å². The molecule has 2 aromatic carbocycles. The molecule has 0 saturated carbocycles. The largest absolute Gasteiger partial charge is 0.324 e. The minimum atomic E-state index is -0.465. The number of nitrogens with one attached hydrogen (secondary N) is 2. The predicted molar refractivity (Wildman–Crippen MR) is 107 cm³/mol. The molecule has 28 heavy (non-hydrogen) atoms. The average Bonchev–Trinajstić information content (AvgIpc) is 3.22. The van der Waals surface area contributed by atoms with Crippen molar-refractivity contribution < 1.29 is 4.79 Å². The number of para-hydroxylation sites is 2. The third kappa shape index (κ3) is 3.37. The molecule has 0 fully saturated rings. The molecule has 0 aliphatic carbocycles. The summed E-state index contributed by atoms with van der Waals surface area (Å²) >= 11 is 0. The van der Waals surface area contributed by atoms with Gasteiger partial charge in [0.2, 0.25) is 5.91 Å². The van der Waals surface area contributed by atoms with Crippen molar-refractivity contribution in [3.05, 3.63) is 78.0 Å². The Bertz CT molecular complexity index is 1190. The first-order valence-corrected chi connectivity index (χ1v) is 8.82. The number of anilines is 1. The van der Waals surface area contributed by atoms with E-state index in [9.17, 15) is 4.79 Å². The number of fused-ring (bicyclic) bond motifs is 3. The Kier molecular flexibility index (Phi) is 4.62. The maximum Gasteiger partial charge on any atom is 0.240 e. The lowest BCUT2D eigenvalue weighted by molar-refractivity contribution is -0.120. The number of hydrogen-bond acceptors (Lipinski definition) is 5. The third-order valence-electron chi connectivity index (χ3n) is 4.56.